The molecule has 1 aliphatic carbocycles. The molecule has 8 heteroatoms. The number of hydrogen-bond acceptors (Lipinski definition) is 4. The van der Waals surface area contributed by atoms with Crippen molar-refractivity contribution < 1.29 is 13.8 Å². The van der Waals surface area contributed by atoms with Gasteiger partial charge in [0.05, 0.1) is 12.2 Å². The molecule has 41 heavy (non-hydrogen) atoms. The van der Waals surface area contributed by atoms with Gasteiger partial charge in [0.1, 0.15) is 11.0 Å². The van der Waals surface area contributed by atoms with Crippen molar-refractivity contribution in [3.05, 3.63) is 101 Å². The maximum Gasteiger partial charge on any atom is 0.251 e. The van der Waals surface area contributed by atoms with E-state index in [4.69, 9.17) is 0 Å². The van der Waals surface area contributed by atoms with Crippen molar-refractivity contribution in [1.29, 1.82) is 0 Å². The van der Waals surface area contributed by atoms with E-state index < -0.39 is 11.0 Å². The molecule has 2 amide bonds. The molecule has 1 aliphatic rings. The molecular weight excluding hydrogens is 532 g/mol. The predicted molar refractivity (Wildman–Crippen MR) is 166 cm³/mol. The Hall–Kier alpha value is -3.93. The molecular formula is C33H38N4O3S. The molecule has 0 heterocycles. The monoisotopic (exact) mass is 570 g/mol. The second kappa shape index (κ2) is 15.2. The van der Waals surface area contributed by atoms with Gasteiger partial charge in [-0.2, -0.15) is 0 Å². The molecule has 1 fully saturated rings. The highest BCUT2D eigenvalue weighted by Gasteiger charge is 2.20. The molecule has 0 aliphatic heterocycles. The van der Waals surface area contributed by atoms with E-state index in [0.717, 1.165) is 11.1 Å². The molecule has 1 saturated carbocycles. The third-order valence-electron chi connectivity index (χ3n) is 6.91. The molecule has 3 aromatic rings. The SMILES string of the molecule is CN(c1cc(C(=O)NCc2ccccc2)cc(C(=O)NC(CCNCC#CC2CC2)Cc2ccccc2)c1)S(C)=O. The lowest BCUT2D eigenvalue weighted by molar-refractivity contribution is 0.0935. The molecule has 0 aromatic heterocycles. The zero-order valence-corrected chi connectivity index (χ0v) is 24.5. The number of carbonyl (C=O) groups is 2. The van der Waals surface area contributed by atoms with Crippen LogP contribution in [0.2, 0.25) is 0 Å². The molecule has 0 saturated heterocycles. The van der Waals surface area contributed by atoms with Crippen LogP contribution in [0.1, 0.15) is 51.1 Å². The van der Waals surface area contributed by atoms with Crippen LogP contribution >= 0.6 is 0 Å². The molecule has 2 unspecified atom stereocenters. The van der Waals surface area contributed by atoms with Crippen molar-refractivity contribution in [2.45, 2.75) is 38.3 Å². The largest absolute Gasteiger partial charge is 0.349 e. The van der Waals surface area contributed by atoms with Gasteiger partial charge in [0, 0.05) is 42.9 Å². The van der Waals surface area contributed by atoms with Crippen LogP contribution in [0.4, 0.5) is 5.69 Å². The quantitative estimate of drug-likeness (QED) is 0.213. The topological polar surface area (TPSA) is 90.5 Å². The number of benzene rings is 3. The smallest absolute Gasteiger partial charge is 0.251 e. The molecule has 0 spiro atoms. The average Bonchev–Trinajstić information content (AvgIpc) is 3.82. The molecule has 3 N–H and O–H groups in total. The fourth-order valence-corrected chi connectivity index (χ4v) is 4.73. The van der Waals surface area contributed by atoms with Crippen molar-refractivity contribution in [3.63, 3.8) is 0 Å². The Kier molecular flexibility index (Phi) is 11.1. The standard InChI is InChI=1S/C33H38N4O3S/c1-37(41(2)40)31-22-28(32(38)35-24-27-12-7-4-8-13-27)21-29(23-31)33(39)36-30(20-26-10-5-3-6-11-26)17-19-34-18-9-14-25-15-16-25/h3-8,10-13,21-23,25,30,34H,15-20,24H2,1-2H3,(H,35,38)(H,36,39). The van der Waals surface area contributed by atoms with E-state index >= 15 is 0 Å². The van der Waals surface area contributed by atoms with E-state index in [1.165, 1.54) is 12.8 Å². The summed E-state index contributed by atoms with van der Waals surface area (Å²) in [6.07, 6.45) is 5.36. The van der Waals surface area contributed by atoms with Crippen molar-refractivity contribution in [2.75, 3.05) is 30.7 Å². The number of nitrogens with one attached hydrogen (secondary N) is 3. The first kappa shape index (κ1) is 30.0. The van der Waals surface area contributed by atoms with Crippen LogP contribution in [-0.2, 0) is 24.0 Å². The van der Waals surface area contributed by atoms with Crippen LogP contribution in [0.15, 0.2) is 78.9 Å². The lowest BCUT2D eigenvalue weighted by Gasteiger charge is -2.21. The molecule has 4 rings (SSSR count). The Morgan fingerprint density at radius 2 is 1.59 bits per heavy atom. The van der Waals surface area contributed by atoms with Gasteiger partial charge in [-0.15, -0.1) is 0 Å². The summed E-state index contributed by atoms with van der Waals surface area (Å²) in [5.74, 6) is 6.42. The molecule has 2 atom stereocenters. The third kappa shape index (κ3) is 9.89. The Balaban J connectivity index is 1.48. The minimum atomic E-state index is -1.33. The van der Waals surface area contributed by atoms with Crippen LogP contribution in [0.5, 0.6) is 0 Å². The summed E-state index contributed by atoms with van der Waals surface area (Å²) in [5.41, 5.74) is 3.29. The van der Waals surface area contributed by atoms with E-state index in [1.54, 1.807) is 35.8 Å². The van der Waals surface area contributed by atoms with Crippen LogP contribution in [0.25, 0.3) is 0 Å². The number of anilines is 1. The van der Waals surface area contributed by atoms with E-state index in [-0.39, 0.29) is 17.9 Å². The van der Waals surface area contributed by atoms with Gasteiger partial charge in [0.15, 0.2) is 0 Å². The zero-order valence-electron chi connectivity index (χ0n) is 23.7. The highest BCUT2D eigenvalue weighted by molar-refractivity contribution is 7.85. The van der Waals surface area contributed by atoms with E-state index in [2.05, 4.69) is 39.9 Å². The van der Waals surface area contributed by atoms with Crippen molar-refractivity contribution in [2.24, 2.45) is 5.92 Å². The van der Waals surface area contributed by atoms with Gasteiger partial charge in [-0.1, -0.05) is 72.5 Å². The Labute approximate surface area is 245 Å². The highest BCUT2D eigenvalue weighted by Crippen LogP contribution is 2.27. The summed E-state index contributed by atoms with van der Waals surface area (Å²) in [6, 6.07) is 24.5. The lowest BCUT2D eigenvalue weighted by Crippen LogP contribution is -2.39. The van der Waals surface area contributed by atoms with Gasteiger partial charge in [-0.25, -0.2) is 4.21 Å². The number of hydrogen-bond donors (Lipinski definition) is 3. The van der Waals surface area contributed by atoms with Gasteiger partial charge in [-0.05, 0) is 61.6 Å². The number of carbonyl (C=O) groups excluding carboxylic acids is 2. The summed E-state index contributed by atoms with van der Waals surface area (Å²) < 4.78 is 13.8. The Morgan fingerprint density at radius 3 is 2.22 bits per heavy atom. The van der Waals surface area contributed by atoms with Crippen molar-refractivity contribution in [3.8, 4) is 11.8 Å². The second-order valence-electron chi connectivity index (χ2n) is 10.3. The molecule has 214 valence electrons. The number of amides is 2. The minimum absolute atomic E-state index is 0.133. The van der Waals surface area contributed by atoms with Gasteiger partial charge < -0.3 is 16.0 Å². The fraction of sp³-hybridized carbons (Fsp3) is 0.333. The fourth-order valence-electron chi connectivity index (χ4n) is 4.33. The van der Waals surface area contributed by atoms with Gasteiger partial charge >= 0.3 is 0 Å². The van der Waals surface area contributed by atoms with Crippen molar-refractivity contribution >= 4 is 28.5 Å². The third-order valence-corrected chi connectivity index (χ3v) is 7.90. The average molecular weight is 571 g/mol. The molecule has 0 bridgehead atoms. The first-order valence-electron chi connectivity index (χ1n) is 14.0. The molecule has 0 radical (unpaired) electrons. The summed E-state index contributed by atoms with van der Waals surface area (Å²) in [4.78, 5) is 26.7. The van der Waals surface area contributed by atoms with Crippen molar-refractivity contribution in [1.82, 2.24) is 16.0 Å². The van der Waals surface area contributed by atoms with E-state index in [9.17, 15) is 13.8 Å². The van der Waals surface area contributed by atoms with Crippen LogP contribution in [-0.4, -0.2) is 48.5 Å². The highest BCUT2D eigenvalue weighted by atomic mass is 32.2. The zero-order chi connectivity index (χ0) is 29.0. The van der Waals surface area contributed by atoms with Gasteiger partial charge in [0.2, 0.25) is 0 Å². The molecule has 7 nitrogen and oxygen atoms in total. The Morgan fingerprint density at radius 1 is 0.951 bits per heavy atom. The normalized spacial score (nSPS) is 13.8. The number of rotatable bonds is 13. The lowest BCUT2D eigenvalue weighted by atomic mass is 10.0. The maximum atomic E-state index is 13.6. The van der Waals surface area contributed by atoms with Gasteiger partial charge in [-0.3, -0.25) is 13.9 Å². The Bertz CT molecular complexity index is 1400. The molecule has 3 aromatic carbocycles. The van der Waals surface area contributed by atoms with E-state index in [0.29, 0.717) is 55.2 Å². The van der Waals surface area contributed by atoms with E-state index in [1.807, 2.05) is 48.5 Å². The summed E-state index contributed by atoms with van der Waals surface area (Å²) in [5, 5.41) is 9.47. The maximum absolute atomic E-state index is 13.6. The summed E-state index contributed by atoms with van der Waals surface area (Å²) in [7, 11) is 0.344. The first-order valence-corrected chi connectivity index (χ1v) is 15.5. The summed E-state index contributed by atoms with van der Waals surface area (Å²) in [6.45, 7) is 1.70. The van der Waals surface area contributed by atoms with Gasteiger partial charge in [0.25, 0.3) is 11.8 Å². The van der Waals surface area contributed by atoms with Crippen LogP contribution < -0.4 is 20.3 Å². The summed E-state index contributed by atoms with van der Waals surface area (Å²) >= 11 is 0. The minimum Gasteiger partial charge on any atom is -0.349 e. The first-order chi connectivity index (χ1) is 19.9. The van der Waals surface area contributed by atoms with Crippen LogP contribution in [0, 0.1) is 17.8 Å². The van der Waals surface area contributed by atoms with Crippen LogP contribution in [0.3, 0.4) is 0 Å². The predicted octanol–water partition coefficient (Wildman–Crippen LogP) is 4.08. The second-order valence-corrected chi connectivity index (χ2v) is 11.7. The number of nitrogens with zero attached hydrogens (tertiary/aromatic N) is 1.